The standard InChI is InChI=1S/C10H14O2S/c1-7(2)10-5-4-9(13(11)12)6-8(10)3/h4-7H,1-3H3,(H,11,12)/p-1. The van der Waals surface area contributed by atoms with Gasteiger partial charge in [-0.2, -0.15) is 0 Å². The number of rotatable bonds is 2. The molecule has 0 saturated heterocycles. The van der Waals surface area contributed by atoms with E-state index >= 15 is 0 Å². The van der Waals surface area contributed by atoms with E-state index in [4.69, 9.17) is 0 Å². The van der Waals surface area contributed by atoms with Gasteiger partial charge in [0.1, 0.15) is 0 Å². The summed E-state index contributed by atoms with van der Waals surface area (Å²) in [5, 5.41) is 0. The average Bonchev–Trinajstić information content (AvgIpc) is 2.03. The van der Waals surface area contributed by atoms with Gasteiger partial charge in [0.15, 0.2) is 0 Å². The Morgan fingerprint density at radius 3 is 2.38 bits per heavy atom. The zero-order valence-corrected chi connectivity index (χ0v) is 8.85. The van der Waals surface area contributed by atoms with Gasteiger partial charge in [0.2, 0.25) is 0 Å². The number of hydrogen-bond acceptors (Lipinski definition) is 2. The van der Waals surface area contributed by atoms with Crippen LogP contribution in [-0.4, -0.2) is 8.76 Å². The summed E-state index contributed by atoms with van der Waals surface area (Å²) in [6, 6.07) is 5.23. The molecule has 0 amide bonds. The van der Waals surface area contributed by atoms with E-state index in [9.17, 15) is 8.76 Å². The third-order valence-electron chi connectivity index (χ3n) is 2.06. The third kappa shape index (κ3) is 2.39. The predicted molar refractivity (Wildman–Crippen MR) is 52.5 cm³/mol. The monoisotopic (exact) mass is 197 g/mol. The van der Waals surface area contributed by atoms with Crippen molar-refractivity contribution < 1.29 is 8.76 Å². The fourth-order valence-corrected chi connectivity index (χ4v) is 1.85. The molecule has 0 aliphatic heterocycles. The SMILES string of the molecule is Cc1cc(S(=O)[O-])ccc1C(C)C. The van der Waals surface area contributed by atoms with E-state index in [2.05, 4.69) is 13.8 Å². The summed E-state index contributed by atoms with van der Waals surface area (Å²) in [5.74, 6) is 0.439. The Labute approximate surface area is 81.3 Å². The number of hydrogen-bond donors (Lipinski definition) is 0. The van der Waals surface area contributed by atoms with E-state index in [0.717, 1.165) is 5.56 Å². The number of aryl methyl sites for hydroxylation is 1. The first kappa shape index (κ1) is 10.4. The predicted octanol–water partition coefficient (Wildman–Crippen LogP) is 2.36. The van der Waals surface area contributed by atoms with Crippen molar-refractivity contribution in [2.24, 2.45) is 0 Å². The van der Waals surface area contributed by atoms with Gasteiger partial charge in [0.25, 0.3) is 0 Å². The Morgan fingerprint density at radius 2 is 2.00 bits per heavy atom. The molecule has 1 rings (SSSR count). The lowest BCUT2D eigenvalue weighted by Crippen LogP contribution is -1.95. The second kappa shape index (κ2) is 4.03. The summed E-state index contributed by atoms with van der Waals surface area (Å²) < 4.78 is 21.3. The van der Waals surface area contributed by atoms with Crippen molar-refractivity contribution in [3.63, 3.8) is 0 Å². The quantitative estimate of drug-likeness (QED) is 0.683. The highest BCUT2D eigenvalue weighted by atomic mass is 32.2. The molecule has 0 spiro atoms. The van der Waals surface area contributed by atoms with Crippen molar-refractivity contribution in [3.05, 3.63) is 29.3 Å². The molecule has 0 fully saturated rings. The van der Waals surface area contributed by atoms with E-state index < -0.39 is 11.1 Å². The van der Waals surface area contributed by atoms with Crippen molar-refractivity contribution in [1.82, 2.24) is 0 Å². The van der Waals surface area contributed by atoms with Gasteiger partial charge < -0.3 is 4.55 Å². The molecule has 0 aliphatic rings. The Kier molecular flexibility index (Phi) is 3.22. The first-order chi connectivity index (χ1) is 6.02. The van der Waals surface area contributed by atoms with Crippen LogP contribution in [0, 0.1) is 6.92 Å². The third-order valence-corrected chi connectivity index (χ3v) is 2.69. The minimum Gasteiger partial charge on any atom is -0.768 e. The largest absolute Gasteiger partial charge is 0.768 e. The zero-order valence-electron chi connectivity index (χ0n) is 8.03. The molecule has 13 heavy (non-hydrogen) atoms. The molecular formula is C10H13O2S-. The second-order valence-electron chi connectivity index (χ2n) is 3.41. The lowest BCUT2D eigenvalue weighted by atomic mass is 9.98. The van der Waals surface area contributed by atoms with Crippen LogP contribution in [0.4, 0.5) is 0 Å². The van der Waals surface area contributed by atoms with E-state index in [1.54, 1.807) is 12.1 Å². The highest BCUT2D eigenvalue weighted by Crippen LogP contribution is 2.20. The summed E-state index contributed by atoms with van der Waals surface area (Å²) in [5.41, 5.74) is 2.24. The summed E-state index contributed by atoms with van der Waals surface area (Å²) in [4.78, 5) is 0.363. The maximum absolute atomic E-state index is 10.6. The van der Waals surface area contributed by atoms with E-state index in [1.807, 2.05) is 13.0 Å². The molecule has 0 N–H and O–H groups in total. The smallest absolute Gasteiger partial charge is 0.0251 e. The molecule has 72 valence electrons. The lowest BCUT2D eigenvalue weighted by molar-refractivity contribution is 0.537. The van der Waals surface area contributed by atoms with Crippen LogP contribution in [0.1, 0.15) is 30.9 Å². The van der Waals surface area contributed by atoms with E-state index in [-0.39, 0.29) is 0 Å². The van der Waals surface area contributed by atoms with Crippen LogP contribution >= 0.6 is 0 Å². The molecule has 0 aliphatic carbocycles. The van der Waals surface area contributed by atoms with Gasteiger partial charge in [-0.05, 0) is 47.2 Å². The summed E-state index contributed by atoms with van der Waals surface area (Å²) in [7, 11) is 0. The van der Waals surface area contributed by atoms with Crippen molar-refractivity contribution >= 4 is 11.1 Å². The molecule has 1 atom stereocenters. The van der Waals surface area contributed by atoms with Crippen LogP contribution in [-0.2, 0) is 11.1 Å². The summed E-state index contributed by atoms with van der Waals surface area (Å²) >= 11 is -2.11. The van der Waals surface area contributed by atoms with Crippen molar-refractivity contribution in [1.29, 1.82) is 0 Å². The summed E-state index contributed by atoms with van der Waals surface area (Å²) in [6.07, 6.45) is 0. The fourth-order valence-electron chi connectivity index (χ4n) is 1.40. The molecule has 0 saturated carbocycles. The molecule has 1 aromatic carbocycles. The van der Waals surface area contributed by atoms with Crippen LogP contribution in [0.25, 0.3) is 0 Å². The minimum absolute atomic E-state index is 0.363. The molecule has 2 nitrogen and oxygen atoms in total. The zero-order chi connectivity index (χ0) is 10.0. The van der Waals surface area contributed by atoms with E-state index in [1.165, 1.54) is 5.56 Å². The minimum atomic E-state index is -2.11. The Balaban J connectivity index is 3.13. The molecule has 0 bridgehead atoms. The Morgan fingerprint density at radius 1 is 1.38 bits per heavy atom. The fraction of sp³-hybridized carbons (Fsp3) is 0.400. The maximum Gasteiger partial charge on any atom is 0.0251 e. The van der Waals surface area contributed by atoms with Gasteiger partial charge in [-0.15, -0.1) is 0 Å². The first-order valence-corrected chi connectivity index (χ1v) is 5.29. The number of benzene rings is 1. The van der Waals surface area contributed by atoms with Gasteiger partial charge in [0.05, 0.1) is 0 Å². The lowest BCUT2D eigenvalue weighted by Gasteiger charge is -2.12. The molecule has 0 radical (unpaired) electrons. The highest BCUT2D eigenvalue weighted by Gasteiger charge is 2.03. The Bertz CT molecular complexity index is 332. The summed E-state index contributed by atoms with van der Waals surface area (Å²) in [6.45, 7) is 6.12. The van der Waals surface area contributed by atoms with Gasteiger partial charge in [0, 0.05) is 4.90 Å². The van der Waals surface area contributed by atoms with Crippen LogP contribution in [0.2, 0.25) is 0 Å². The molecular weight excluding hydrogens is 184 g/mol. The van der Waals surface area contributed by atoms with Crippen LogP contribution in [0.15, 0.2) is 23.1 Å². The van der Waals surface area contributed by atoms with Crippen molar-refractivity contribution in [3.8, 4) is 0 Å². The molecule has 1 unspecified atom stereocenters. The van der Waals surface area contributed by atoms with Gasteiger partial charge >= 0.3 is 0 Å². The molecule has 0 aromatic heterocycles. The van der Waals surface area contributed by atoms with Crippen molar-refractivity contribution in [2.75, 3.05) is 0 Å². The van der Waals surface area contributed by atoms with Crippen molar-refractivity contribution in [2.45, 2.75) is 31.6 Å². The highest BCUT2D eigenvalue weighted by molar-refractivity contribution is 7.79. The van der Waals surface area contributed by atoms with Gasteiger partial charge in [-0.3, -0.25) is 4.21 Å². The molecule has 1 aromatic rings. The van der Waals surface area contributed by atoms with Crippen LogP contribution in [0.5, 0.6) is 0 Å². The second-order valence-corrected chi connectivity index (χ2v) is 4.35. The molecule has 3 heteroatoms. The van der Waals surface area contributed by atoms with E-state index in [0.29, 0.717) is 10.8 Å². The van der Waals surface area contributed by atoms with Crippen LogP contribution < -0.4 is 0 Å². The first-order valence-electron chi connectivity index (χ1n) is 4.22. The Hall–Kier alpha value is -0.670. The maximum atomic E-state index is 10.6. The average molecular weight is 197 g/mol. The topological polar surface area (TPSA) is 40.1 Å². The molecule has 0 heterocycles. The van der Waals surface area contributed by atoms with Crippen LogP contribution in [0.3, 0.4) is 0 Å². The van der Waals surface area contributed by atoms with Gasteiger partial charge in [-0.1, -0.05) is 19.9 Å². The normalized spacial score (nSPS) is 13.3. The van der Waals surface area contributed by atoms with Gasteiger partial charge in [-0.25, -0.2) is 0 Å².